The monoisotopic (exact) mass is 200 g/mol. The van der Waals surface area contributed by atoms with E-state index in [2.05, 4.69) is 27.7 Å². The number of hydrazine groups is 1. The normalized spacial score (nSPS) is 31.7. The zero-order chi connectivity index (χ0) is 11.0. The average Bonchev–Trinajstić information content (AvgIpc) is 2.08. The van der Waals surface area contributed by atoms with Crippen molar-refractivity contribution in [3.63, 3.8) is 0 Å². The van der Waals surface area contributed by atoms with Crippen molar-refractivity contribution in [3.05, 3.63) is 0 Å². The molecule has 0 amide bonds. The van der Waals surface area contributed by atoms with E-state index in [1.54, 1.807) is 0 Å². The summed E-state index contributed by atoms with van der Waals surface area (Å²) in [5.41, 5.74) is 0.0694. The van der Waals surface area contributed by atoms with Gasteiger partial charge in [-0.2, -0.15) is 0 Å². The summed E-state index contributed by atoms with van der Waals surface area (Å²) in [7, 11) is 0. The van der Waals surface area contributed by atoms with Gasteiger partial charge in [-0.25, -0.2) is 5.01 Å². The fourth-order valence-corrected chi connectivity index (χ4v) is 2.63. The van der Waals surface area contributed by atoms with Gasteiger partial charge in [0.25, 0.3) is 0 Å². The summed E-state index contributed by atoms with van der Waals surface area (Å²) in [5.74, 6) is 6.67. The van der Waals surface area contributed by atoms with Crippen LogP contribution in [-0.2, 0) is 0 Å². The molecule has 84 valence electrons. The van der Waals surface area contributed by atoms with Crippen molar-refractivity contribution in [2.24, 2.45) is 11.8 Å². The lowest BCUT2D eigenvalue weighted by molar-refractivity contribution is -0.0720. The summed E-state index contributed by atoms with van der Waals surface area (Å²) in [6.07, 6.45) is 3.13. The second kappa shape index (κ2) is 3.80. The molecule has 0 radical (unpaired) electrons. The van der Waals surface area contributed by atoms with Gasteiger partial charge in [0.15, 0.2) is 0 Å². The van der Waals surface area contributed by atoms with Crippen molar-refractivity contribution < 1.29 is 5.11 Å². The lowest BCUT2D eigenvalue weighted by Gasteiger charge is -2.54. The van der Waals surface area contributed by atoms with Crippen LogP contribution in [0.4, 0.5) is 0 Å². The maximum Gasteiger partial charge on any atom is 0.0434 e. The number of nitrogens with zero attached hydrogens (tertiary/aromatic N) is 1. The quantitative estimate of drug-likeness (QED) is 0.664. The maximum absolute atomic E-state index is 9.01. The number of nitrogens with two attached hydrogens (primary N) is 1. The van der Waals surface area contributed by atoms with Gasteiger partial charge in [-0.15, -0.1) is 0 Å². The molecule has 3 nitrogen and oxygen atoms in total. The Hall–Kier alpha value is -0.120. The molecule has 1 aliphatic rings. The SMILES string of the molecule is CC1(C)CCC(CCO)C(C)(C)N1N. The molecule has 3 heteroatoms. The first-order valence-electron chi connectivity index (χ1n) is 5.48. The van der Waals surface area contributed by atoms with Gasteiger partial charge >= 0.3 is 0 Å². The van der Waals surface area contributed by atoms with Gasteiger partial charge in [0.2, 0.25) is 0 Å². The number of hydrogen-bond donors (Lipinski definition) is 2. The Morgan fingerprint density at radius 2 is 1.93 bits per heavy atom. The standard InChI is InChI=1S/C11H24N2O/c1-10(2)7-5-9(6-8-14)11(3,4)13(10)12/h9,14H,5-8,12H2,1-4H3. The molecule has 0 aromatic heterocycles. The second-order valence-electron chi connectivity index (χ2n) is 5.58. The second-order valence-corrected chi connectivity index (χ2v) is 5.58. The predicted octanol–water partition coefficient (Wildman–Crippen LogP) is 1.51. The molecule has 0 bridgehead atoms. The van der Waals surface area contributed by atoms with Crippen molar-refractivity contribution in [1.29, 1.82) is 0 Å². The lowest BCUT2D eigenvalue weighted by Crippen LogP contribution is -2.65. The Balaban J connectivity index is 2.79. The minimum absolute atomic E-state index is 0.00944. The molecule has 0 aromatic carbocycles. The molecule has 1 rings (SSSR count). The van der Waals surface area contributed by atoms with Gasteiger partial charge in [-0.3, -0.25) is 5.84 Å². The van der Waals surface area contributed by atoms with E-state index in [1.165, 1.54) is 0 Å². The highest BCUT2D eigenvalue weighted by Gasteiger charge is 2.45. The van der Waals surface area contributed by atoms with Crippen molar-refractivity contribution in [2.75, 3.05) is 6.61 Å². The first-order valence-corrected chi connectivity index (χ1v) is 5.48. The largest absolute Gasteiger partial charge is 0.396 e. The third-order valence-electron chi connectivity index (χ3n) is 3.85. The van der Waals surface area contributed by atoms with Crippen molar-refractivity contribution in [1.82, 2.24) is 5.01 Å². The molecule has 0 aromatic rings. The van der Waals surface area contributed by atoms with Crippen LogP contribution in [0.3, 0.4) is 0 Å². The lowest BCUT2D eigenvalue weighted by atomic mass is 9.72. The number of hydrogen-bond acceptors (Lipinski definition) is 3. The van der Waals surface area contributed by atoms with E-state index in [-0.39, 0.29) is 17.7 Å². The highest BCUT2D eigenvalue weighted by molar-refractivity contribution is 4.98. The molecule has 0 saturated carbocycles. The van der Waals surface area contributed by atoms with Crippen molar-refractivity contribution in [2.45, 2.75) is 58.0 Å². The van der Waals surface area contributed by atoms with E-state index in [0.29, 0.717) is 5.92 Å². The fourth-order valence-electron chi connectivity index (χ4n) is 2.63. The predicted molar refractivity (Wildman–Crippen MR) is 58.6 cm³/mol. The Morgan fingerprint density at radius 1 is 1.36 bits per heavy atom. The highest BCUT2D eigenvalue weighted by Crippen LogP contribution is 2.40. The van der Waals surface area contributed by atoms with Gasteiger partial charge in [0.1, 0.15) is 0 Å². The molecule has 1 aliphatic heterocycles. The summed E-state index contributed by atoms with van der Waals surface area (Å²) in [5, 5.41) is 11.0. The van der Waals surface area contributed by atoms with Gasteiger partial charge in [0.05, 0.1) is 0 Å². The molecule has 0 spiro atoms. The number of aliphatic hydroxyl groups is 1. The van der Waals surface area contributed by atoms with E-state index in [0.717, 1.165) is 19.3 Å². The first kappa shape index (κ1) is 12.0. The molecular weight excluding hydrogens is 176 g/mol. The average molecular weight is 200 g/mol. The molecule has 3 N–H and O–H groups in total. The molecular formula is C11H24N2O. The summed E-state index contributed by atoms with van der Waals surface area (Å²) in [6, 6.07) is 0. The van der Waals surface area contributed by atoms with Gasteiger partial charge in [-0.1, -0.05) is 0 Å². The van der Waals surface area contributed by atoms with Crippen LogP contribution in [0.25, 0.3) is 0 Å². The van der Waals surface area contributed by atoms with Crippen LogP contribution in [0, 0.1) is 5.92 Å². The molecule has 14 heavy (non-hydrogen) atoms. The molecule has 1 fully saturated rings. The van der Waals surface area contributed by atoms with Gasteiger partial charge < -0.3 is 5.11 Å². The van der Waals surface area contributed by atoms with E-state index < -0.39 is 0 Å². The maximum atomic E-state index is 9.01. The van der Waals surface area contributed by atoms with Crippen LogP contribution in [0.1, 0.15) is 47.0 Å². The van der Waals surface area contributed by atoms with Crippen LogP contribution in [0.15, 0.2) is 0 Å². The number of rotatable bonds is 2. The van der Waals surface area contributed by atoms with Gasteiger partial charge in [-0.05, 0) is 52.9 Å². The van der Waals surface area contributed by atoms with Gasteiger partial charge in [0, 0.05) is 17.7 Å². The Morgan fingerprint density at radius 3 is 2.43 bits per heavy atom. The molecule has 1 unspecified atom stereocenters. The van der Waals surface area contributed by atoms with Crippen LogP contribution < -0.4 is 5.84 Å². The fraction of sp³-hybridized carbons (Fsp3) is 1.00. The van der Waals surface area contributed by atoms with Crippen LogP contribution >= 0.6 is 0 Å². The Kier molecular flexibility index (Phi) is 3.24. The zero-order valence-corrected chi connectivity index (χ0v) is 9.88. The topological polar surface area (TPSA) is 49.5 Å². The Bertz CT molecular complexity index is 201. The van der Waals surface area contributed by atoms with E-state index in [9.17, 15) is 0 Å². The summed E-state index contributed by atoms with van der Waals surface area (Å²) >= 11 is 0. The minimum atomic E-state index is -0.00944. The smallest absolute Gasteiger partial charge is 0.0434 e. The summed E-state index contributed by atoms with van der Waals surface area (Å²) in [6.45, 7) is 8.98. The highest BCUT2D eigenvalue weighted by atomic mass is 16.3. The van der Waals surface area contributed by atoms with E-state index in [1.807, 2.05) is 5.01 Å². The van der Waals surface area contributed by atoms with E-state index >= 15 is 0 Å². The van der Waals surface area contributed by atoms with Crippen LogP contribution in [-0.4, -0.2) is 27.8 Å². The van der Waals surface area contributed by atoms with Crippen LogP contribution in [0.5, 0.6) is 0 Å². The summed E-state index contributed by atoms with van der Waals surface area (Å²) < 4.78 is 0. The van der Waals surface area contributed by atoms with Crippen LogP contribution in [0.2, 0.25) is 0 Å². The third-order valence-corrected chi connectivity index (χ3v) is 3.85. The molecule has 1 saturated heterocycles. The number of piperidine rings is 1. The first-order chi connectivity index (χ1) is 6.32. The van der Waals surface area contributed by atoms with Crippen molar-refractivity contribution in [3.8, 4) is 0 Å². The molecule has 1 atom stereocenters. The molecule has 1 heterocycles. The Labute approximate surface area is 87.2 Å². The number of aliphatic hydroxyl groups excluding tert-OH is 1. The molecule has 0 aliphatic carbocycles. The minimum Gasteiger partial charge on any atom is -0.396 e. The summed E-state index contributed by atoms with van der Waals surface area (Å²) in [4.78, 5) is 0. The van der Waals surface area contributed by atoms with Crippen molar-refractivity contribution >= 4 is 0 Å². The van der Waals surface area contributed by atoms with E-state index in [4.69, 9.17) is 10.9 Å². The zero-order valence-electron chi connectivity index (χ0n) is 9.88. The third kappa shape index (κ3) is 1.95.